The largest absolute Gasteiger partial charge is 0.497 e. The van der Waals surface area contributed by atoms with Crippen LogP contribution in [0.25, 0.3) is 0 Å². The average molecular weight is 597 g/mol. The molecule has 38 heavy (non-hydrogen) atoms. The van der Waals surface area contributed by atoms with Crippen LogP contribution in [0, 0.1) is 0 Å². The van der Waals surface area contributed by atoms with Gasteiger partial charge in [0, 0.05) is 15.2 Å². The Balaban J connectivity index is 0.000000686. The topological polar surface area (TPSA) is 163 Å². The van der Waals surface area contributed by atoms with Crippen molar-refractivity contribution < 1.29 is 42.1 Å². The zero-order valence-electron chi connectivity index (χ0n) is 23.0. The van der Waals surface area contributed by atoms with Gasteiger partial charge in [0.2, 0.25) is 10.0 Å². The van der Waals surface area contributed by atoms with Gasteiger partial charge in [-0.2, -0.15) is 29.1 Å². The average Bonchev–Trinajstić information content (AvgIpc) is 3.18. The summed E-state index contributed by atoms with van der Waals surface area (Å²) in [6.45, 7) is 11.0. The highest BCUT2D eigenvalue weighted by Crippen LogP contribution is 2.34. The zero-order valence-corrected chi connectivity index (χ0v) is 25.5. The van der Waals surface area contributed by atoms with E-state index in [4.69, 9.17) is 29.8 Å². The first-order valence-corrected chi connectivity index (χ1v) is 14.6. The number of ether oxygens (including phenoxy) is 4. The van der Waals surface area contributed by atoms with E-state index in [1.165, 1.54) is 38.1 Å². The summed E-state index contributed by atoms with van der Waals surface area (Å²) in [6, 6.07) is 3.92. The van der Waals surface area contributed by atoms with Gasteiger partial charge in [-0.1, -0.05) is 0 Å². The molecule has 14 heteroatoms. The smallest absolute Gasteiger partial charge is 0.325 e. The van der Waals surface area contributed by atoms with Crippen LogP contribution in [0.5, 0.6) is 5.75 Å². The summed E-state index contributed by atoms with van der Waals surface area (Å²) >= 11 is 5.40. The lowest BCUT2D eigenvalue weighted by Crippen LogP contribution is -2.53. The van der Waals surface area contributed by atoms with Crippen molar-refractivity contribution in [2.75, 3.05) is 26.6 Å². The Morgan fingerprint density at radius 1 is 1.24 bits per heavy atom. The van der Waals surface area contributed by atoms with Crippen LogP contribution in [0.15, 0.2) is 29.2 Å². The first-order chi connectivity index (χ1) is 17.3. The van der Waals surface area contributed by atoms with Crippen molar-refractivity contribution in [1.29, 1.82) is 0 Å². The van der Waals surface area contributed by atoms with Crippen molar-refractivity contribution in [3.8, 4) is 5.75 Å². The third-order valence-electron chi connectivity index (χ3n) is 5.51. The van der Waals surface area contributed by atoms with Crippen LogP contribution in [-0.2, 0) is 33.8 Å². The van der Waals surface area contributed by atoms with Crippen LogP contribution in [0.1, 0.15) is 41.5 Å². The van der Waals surface area contributed by atoms with Gasteiger partial charge in [0.15, 0.2) is 5.79 Å². The first kappa shape index (κ1) is 34.5. The van der Waals surface area contributed by atoms with Gasteiger partial charge >= 0.3 is 11.9 Å². The number of hydrogen-bond acceptors (Lipinski definition) is 11. The number of nitrogens with two attached hydrogens (primary N) is 1. The van der Waals surface area contributed by atoms with Crippen molar-refractivity contribution >= 4 is 46.4 Å². The zero-order chi connectivity index (χ0) is 29.5. The molecule has 1 saturated heterocycles. The van der Waals surface area contributed by atoms with E-state index in [0.29, 0.717) is 18.1 Å². The first-order valence-electron chi connectivity index (χ1n) is 11.7. The molecule has 1 heterocycles. The number of carbonyl (C=O) groups excluding carboxylic acids is 1. The second kappa shape index (κ2) is 13.7. The van der Waals surface area contributed by atoms with E-state index >= 15 is 0 Å². The molecule has 0 spiro atoms. The highest BCUT2D eigenvalue weighted by Gasteiger charge is 2.42. The number of sulfonamides is 1. The Morgan fingerprint density at radius 2 is 1.79 bits per heavy atom. The molecule has 1 aromatic carbocycles. The predicted octanol–water partition coefficient (Wildman–Crippen LogP) is 2.29. The summed E-state index contributed by atoms with van der Waals surface area (Å²) < 4.78 is 48.0. The van der Waals surface area contributed by atoms with Crippen molar-refractivity contribution in [2.45, 2.75) is 79.9 Å². The van der Waals surface area contributed by atoms with E-state index < -0.39 is 49.3 Å². The maximum Gasteiger partial charge on any atom is 0.325 e. The lowest BCUT2D eigenvalue weighted by molar-refractivity contribution is -0.143. The number of carboxylic acids is 1. The Morgan fingerprint density at radius 3 is 2.16 bits per heavy atom. The summed E-state index contributed by atoms with van der Waals surface area (Å²) in [5, 5.41) is 8.34. The normalized spacial score (nSPS) is 19.1. The molecular formula is C24H40N2O9S3. The number of carboxylic acid groups (broad SMARTS) is 1. The molecule has 2 rings (SSSR count). The minimum Gasteiger partial charge on any atom is -0.497 e. The number of esters is 1. The number of thioether (sulfide) groups is 1. The predicted molar refractivity (Wildman–Crippen MR) is 149 cm³/mol. The number of aliphatic carboxylic acids is 1. The fourth-order valence-corrected chi connectivity index (χ4v) is 5.73. The lowest BCUT2D eigenvalue weighted by Gasteiger charge is -2.33. The third-order valence-corrected chi connectivity index (χ3v) is 8.75. The molecule has 1 fully saturated rings. The number of nitrogens with one attached hydrogen (secondary N) is 1. The van der Waals surface area contributed by atoms with E-state index in [1.807, 2.05) is 13.8 Å². The molecule has 4 N–H and O–H groups in total. The molecular weight excluding hydrogens is 556 g/mol. The molecule has 0 aliphatic carbocycles. The molecule has 218 valence electrons. The van der Waals surface area contributed by atoms with Crippen molar-refractivity contribution in [3.05, 3.63) is 24.3 Å². The number of rotatable bonds is 11. The molecule has 1 aliphatic heterocycles. The van der Waals surface area contributed by atoms with Crippen molar-refractivity contribution in [2.24, 2.45) is 5.73 Å². The Kier molecular flexibility index (Phi) is 12.4. The van der Waals surface area contributed by atoms with Gasteiger partial charge in [0.1, 0.15) is 17.8 Å². The molecule has 1 unspecified atom stereocenters. The fourth-order valence-electron chi connectivity index (χ4n) is 3.11. The van der Waals surface area contributed by atoms with Crippen molar-refractivity contribution in [1.82, 2.24) is 4.72 Å². The number of carbonyl (C=O) groups is 2. The standard InChI is InChI=1S/C19H29NO7S2.C5H11NO2S/c1-18(2,28-12-14-11-26-19(3,4)27-14)16(17(21)25-6)20-29(22,23)15-9-7-13(24-5)8-10-15;1-5(2,9)3(6)4(7)8/h7-10,14,16,20H,11-12H2,1-6H3;3,9H,6H2,1-2H3,(H,7,8)/t14?,16-;3-/m00/s1. The van der Waals surface area contributed by atoms with Crippen LogP contribution in [-0.4, -0.2) is 85.5 Å². The van der Waals surface area contributed by atoms with Gasteiger partial charge in [-0.3, -0.25) is 9.59 Å². The Bertz CT molecular complexity index is 1040. The van der Waals surface area contributed by atoms with Gasteiger partial charge in [-0.25, -0.2) is 8.42 Å². The summed E-state index contributed by atoms with van der Waals surface area (Å²) in [5.74, 6) is -1.26. The highest BCUT2D eigenvalue weighted by molar-refractivity contribution is 8.00. The summed E-state index contributed by atoms with van der Waals surface area (Å²) in [6.07, 6.45) is -0.147. The molecule has 0 bridgehead atoms. The van der Waals surface area contributed by atoms with E-state index in [1.54, 1.807) is 39.8 Å². The number of methoxy groups -OCH3 is 2. The maximum atomic E-state index is 12.8. The van der Waals surface area contributed by atoms with Crippen LogP contribution in [0.4, 0.5) is 0 Å². The summed E-state index contributed by atoms with van der Waals surface area (Å²) in [5.41, 5.74) is 5.22. The van der Waals surface area contributed by atoms with E-state index in [9.17, 15) is 18.0 Å². The van der Waals surface area contributed by atoms with Crippen molar-refractivity contribution in [3.63, 3.8) is 0 Å². The fraction of sp³-hybridized carbons (Fsp3) is 0.667. The van der Waals surface area contributed by atoms with Gasteiger partial charge in [-0.15, -0.1) is 0 Å². The van der Waals surface area contributed by atoms with Crippen LogP contribution in [0.2, 0.25) is 0 Å². The molecule has 0 aromatic heterocycles. The molecule has 0 saturated carbocycles. The van der Waals surface area contributed by atoms with Gasteiger partial charge in [0.05, 0.1) is 31.8 Å². The second-order valence-electron chi connectivity index (χ2n) is 10.1. The summed E-state index contributed by atoms with van der Waals surface area (Å²) in [7, 11) is -1.23. The van der Waals surface area contributed by atoms with Crippen LogP contribution >= 0.6 is 24.4 Å². The van der Waals surface area contributed by atoms with Gasteiger partial charge in [-0.05, 0) is 65.8 Å². The SMILES string of the molecule is CC(C)(S)[C@@H](N)C(=O)O.COC(=O)[C@H](NS(=O)(=O)c1ccc(OC)cc1)C(C)(C)SCC1COC(C)(C)O1. The minimum atomic E-state index is -3.95. The molecule has 1 aliphatic rings. The molecule has 0 radical (unpaired) electrons. The number of benzene rings is 1. The minimum absolute atomic E-state index is 0.0299. The quantitative estimate of drug-likeness (QED) is 0.219. The van der Waals surface area contributed by atoms with E-state index in [2.05, 4.69) is 17.4 Å². The van der Waals surface area contributed by atoms with Gasteiger partial charge < -0.3 is 29.8 Å². The maximum absolute atomic E-state index is 12.8. The van der Waals surface area contributed by atoms with Crippen LogP contribution < -0.4 is 15.2 Å². The Labute approximate surface area is 235 Å². The monoisotopic (exact) mass is 596 g/mol. The highest BCUT2D eigenvalue weighted by atomic mass is 32.2. The second-order valence-corrected chi connectivity index (χ2v) is 14.6. The van der Waals surface area contributed by atoms with Crippen LogP contribution in [0.3, 0.4) is 0 Å². The molecule has 1 aromatic rings. The molecule has 0 amide bonds. The third kappa shape index (κ3) is 10.5. The number of hydrogen-bond donors (Lipinski definition) is 4. The molecule has 11 nitrogen and oxygen atoms in total. The van der Waals surface area contributed by atoms with E-state index in [-0.39, 0.29) is 11.0 Å². The Hall–Kier alpha value is -1.55. The molecule has 3 atom stereocenters. The van der Waals surface area contributed by atoms with Gasteiger partial charge in [0.25, 0.3) is 0 Å². The summed E-state index contributed by atoms with van der Waals surface area (Å²) in [4.78, 5) is 22.6. The lowest BCUT2D eigenvalue weighted by atomic mass is 10.0. The van der Waals surface area contributed by atoms with E-state index in [0.717, 1.165) is 0 Å². The number of thiol groups is 1.